The topological polar surface area (TPSA) is 29.4 Å². The number of nitroso groups, excluding NO2 is 1. The Hall–Kier alpha value is -1.18. The lowest BCUT2D eigenvalue weighted by molar-refractivity contribution is 0.264. The lowest BCUT2D eigenvalue weighted by Crippen LogP contribution is -2.18. The van der Waals surface area contributed by atoms with Crippen LogP contribution in [0.2, 0.25) is 0 Å². The maximum Gasteiger partial charge on any atom is 0.120 e. The molecule has 0 amide bonds. The fraction of sp³-hybridized carbons (Fsp3) is 0.455. The standard InChI is InChI=1S/C11H13NO/c13-12-11(10-7-4-8-10)9-5-2-1-3-6-9/h1-3,5-6,10-11H,4,7-8H2. The summed E-state index contributed by atoms with van der Waals surface area (Å²) in [5.74, 6) is 0.500. The molecule has 68 valence electrons. The van der Waals surface area contributed by atoms with E-state index < -0.39 is 0 Å². The van der Waals surface area contributed by atoms with Crippen LogP contribution in [0.1, 0.15) is 30.9 Å². The molecule has 13 heavy (non-hydrogen) atoms. The van der Waals surface area contributed by atoms with Gasteiger partial charge >= 0.3 is 0 Å². The second-order valence-electron chi connectivity index (χ2n) is 3.65. The molecular weight excluding hydrogens is 162 g/mol. The zero-order chi connectivity index (χ0) is 9.10. The Morgan fingerprint density at radius 1 is 1.23 bits per heavy atom. The fourth-order valence-corrected chi connectivity index (χ4v) is 1.82. The average molecular weight is 175 g/mol. The Morgan fingerprint density at radius 2 is 1.92 bits per heavy atom. The van der Waals surface area contributed by atoms with E-state index in [2.05, 4.69) is 5.18 Å². The van der Waals surface area contributed by atoms with Gasteiger partial charge in [-0.3, -0.25) is 0 Å². The highest BCUT2D eigenvalue weighted by Crippen LogP contribution is 2.39. The van der Waals surface area contributed by atoms with E-state index in [1.165, 1.54) is 6.42 Å². The van der Waals surface area contributed by atoms with Crippen molar-refractivity contribution in [1.29, 1.82) is 0 Å². The van der Waals surface area contributed by atoms with Crippen LogP contribution in [0.4, 0.5) is 0 Å². The van der Waals surface area contributed by atoms with E-state index in [0.29, 0.717) is 5.92 Å². The third-order valence-electron chi connectivity index (χ3n) is 2.85. The molecule has 2 heteroatoms. The van der Waals surface area contributed by atoms with E-state index in [9.17, 15) is 4.91 Å². The van der Waals surface area contributed by atoms with Crippen LogP contribution in [0, 0.1) is 10.8 Å². The molecule has 0 spiro atoms. The minimum atomic E-state index is -0.102. The fourth-order valence-electron chi connectivity index (χ4n) is 1.82. The van der Waals surface area contributed by atoms with Crippen molar-refractivity contribution in [3.63, 3.8) is 0 Å². The van der Waals surface area contributed by atoms with Gasteiger partial charge in [-0.05, 0) is 24.3 Å². The van der Waals surface area contributed by atoms with Gasteiger partial charge in [0.05, 0.1) is 0 Å². The minimum Gasteiger partial charge on any atom is -0.150 e. The molecule has 1 atom stereocenters. The van der Waals surface area contributed by atoms with Crippen LogP contribution in [0.25, 0.3) is 0 Å². The van der Waals surface area contributed by atoms with E-state index in [-0.39, 0.29) is 6.04 Å². The molecule has 1 aromatic carbocycles. The highest BCUT2D eigenvalue weighted by molar-refractivity contribution is 5.20. The average Bonchev–Trinajstić information content (AvgIpc) is 2.12. The van der Waals surface area contributed by atoms with E-state index in [1.807, 2.05) is 30.3 Å². The molecule has 1 fully saturated rings. The Bertz CT molecular complexity index is 279. The smallest absolute Gasteiger partial charge is 0.120 e. The number of hydrogen-bond acceptors (Lipinski definition) is 2. The summed E-state index contributed by atoms with van der Waals surface area (Å²) in [5.41, 5.74) is 1.07. The van der Waals surface area contributed by atoms with Gasteiger partial charge in [0.15, 0.2) is 0 Å². The second kappa shape index (κ2) is 3.69. The summed E-state index contributed by atoms with van der Waals surface area (Å²) >= 11 is 0. The maximum absolute atomic E-state index is 10.7. The molecule has 1 aromatic rings. The van der Waals surface area contributed by atoms with Gasteiger partial charge in [0.1, 0.15) is 6.04 Å². The van der Waals surface area contributed by atoms with Crippen LogP contribution in [0.5, 0.6) is 0 Å². The Balaban J connectivity index is 2.16. The molecule has 0 aliphatic heterocycles. The molecule has 0 saturated heterocycles. The van der Waals surface area contributed by atoms with Gasteiger partial charge in [0, 0.05) is 0 Å². The van der Waals surface area contributed by atoms with Crippen molar-refractivity contribution in [2.24, 2.45) is 11.1 Å². The summed E-state index contributed by atoms with van der Waals surface area (Å²) in [4.78, 5) is 10.7. The van der Waals surface area contributed by atoms with Crippen molar-refractivity contribution >= 4 is 0 Å². The van der Waals surface area contributed by atoms with Crippen molar-refractivity contribution in [2.45, 2.75) is 25.3 Å². The quantitative estimate of drug-likeness (QED) is 0.648. The first kappa shape index (κ1) is 8.42. The van der Waals surface area contributed by atoms with Crippen LogP contribution in [-0.4, -0.2) is 0 Å². The third-order valence-corrected chi connectivity index (χ3v) is 2.85. The van der Waals surface area contributed by atoms with E-state index in [0.717, 1.165) is 18.4 Å². The molecule has 1 aliphatic carbocycles. The summed E-state index contributed by atoms with van der Waals surface area (Å²) in [5, 5.41) is 3.23. The lowest BCUT2D eigenvalue weighted by Gasteiger charge is -2.29. The van der Waals surface area contributed by atoms with Crippen molar-refractivity contribution in [3.05, 3.63) is 40.8 Å². The predicted molar refractivity (Wildman–Crippen MR) is 52.3 cm³/mol. The highest BCUT2D eigenvalue weighted by atomic mass is 16.3. The number of rotatable bonds is 3. The molecule has 0 heterocycles. The third kappa shape index (κ3) is 1.62. The van der Waals surface area contributed by atoms with Crippen molar-refractivity contribution in [2.75, 3.05) is 0 Å². The minimum absolute atomic E-state index is 0.102. The van der Waals surface area contributed by atoms with Gasteiger partial charge in [-0.2, -0.15) is 4.91 Å². The molecule has 0 bridgehead atoms. The summed E-state index contributed by atoms with van der Waals surface area (Å²) in [6.45, 7) is 0. The van der Waals surface area contributed by atoms with Crippen LogP contribution < -0.4 is 0 Å². The molecule has 0 N–H and O–H groups in total. The summed E-state index contributed by atoms with van der Waals surface area (Å²) in [7, 11) is 0. The van der Waals surface area contributed by atoms with Gasteiger partial charge in [0.2, 0.25) is 0 Å². The van der Waals surface area contributed by atoms with E-state index in [1.54, 1.807) is 0 Å². The van der Waals surface area contributed by atoms with Gasteiger partial charge in [-0.25, -0.2) is 0 Å². The molecule has 1 aliphatic rings. The van der Waals surface area contributed by atoms with Gasteiger partial charge < -0.3 is 0 Å². The van der Waals surface area contributed by atoms with Gasteiger partial charge in [-0.1, -0.05) is 41.9 Å². The van der Waals surface area contributed by atoms with Gasteiger partial charge in [-0.15, -0.1) is 0 Å². The first-order chi connectivity index (χ1) is 6.42. The summed E-state index contributed by atoms with van der Waals surface area (Å²) < 4.78 is 0. The first-order valence-corrected chi connectivity index (χ1v) is 4.79. The van der Waals surface area contributed by atoms with Crippen LogP contribution in [-0.2, 0) is 0 Å². The van der Waals surface area contributed by atoms with Crippen LogP contribution >= 0.6 is 0 Å². The molecule has 2 nitrogen and oxygen atoms in total. The zero-order valence-electron chi connectivity index (χ0n) is 7.52. The summed E-state index contributed by atoms with van der Waals surface area (Å²) in [6.07, 6.45) is 3.57. The SMILES string of the molecule is O=NC(c1ccccc1)C1CCC1. The Labute approximate surface area is 77.9 Å². The molecular formula is C11H13NO. The first-order valence-electron chi connectivity index (χ1n) is 4.79. The highest BCUT2D eigenvalue weighted by Gasteiger charge is 2.29. The van der Waals surface area contributed by atoms with Crippen molar-refractivity contribution in [3.8, 4) is 0 Å². The number of hydrogen-bond donors (Lipinski definition) is 0. The number of benzene rings is 1. The van der Waals surface area contributed by atoms with Crippen LogP contribution in [0.3, 0.4) is 0 Å². The number of nitrogens with zero attached hydrogens (tertiary/aromatic N) is 1. The Kier molecular flexibility index (Phi) is 2.39. The molecule has 2 rings (SSSR count). The van der Waals surface area contributed by atoms with E-state index >= 15 is 0 Å². The van der Waals surface area contributed by atoms with Crippen molar-refractivity contribution in [1.82, 2.24) is 0 Å². The molecule has 0 radical (unpaired) electrons. The monoisotopic (exact) mass is 175 g/mol. The largest absolute Gasteiger partial charge is 0.150 e. The second-order valence-corrected chi connectivity index (χ2v) is 3.65. The van der Waals surface area contributed by atoms with E-state index in [4.69, 9.17) is 0 Å². The molecule has 1 unspecified atom stereocenters. The predicted octanol–water partition coefficient (Wildman–Crippen LogP) is 3.29. The van der Waals surface area contributed by atoms with Crippen LogP contribution in [0.15, 0.2) is 35.5 Å². The normalized spacial score (nSPS) is 19.1. The molecule has 0 aromatic heterocycles. The summed E-state index contributed by atoms with van der Waals surface area (Å²) in [6, 6.07) is 9.77. The molecule has 1 saturated carbocycles. The van der Waals surface area contributed by atoms with Gasteiger partial charge in [0.25, 0.3) is 0 Å². The Morgan fingerprint density at radius 3 is 2.38 bits per heavy atom. The van der Waals surface area contributed by atoms with Crippen molar-refractivity contribution < 1.29 is 0 Å². The lowest BCUT2D eigenvalue weighted by atomic mass is 9.77. The maximum atomic E-state index is 10.7. The zero-order valence-corrected chi connectivity index (χ0v) is 7.52.